The van der Waals surface area contributed by atoms with E-state index in [1.165, 1.54) is 30.6 Å². The highest BCUT2D eigenvalue weighted by molar-refractivity contribution is 7.13. The summed E-state index contributed by atoms with van der Waals surface area (Å²) in [7, 11) is 1.32. The summed E-state index contributed by atoms with van der Waals surface area (Å²) in [6.07, 6.45) is -4.02. The number of nitrogens with one attached hydrogen (secondary N) is 1. The minimum atomic E-state index is -4.41. The van der Waals surface area contributed by atoms with Crippen molar-refractivity contribution in [3.05, 3.63) is 78.9 Å². The Hall–Kier alpha value is -3.34. The zero-order chi connectivity index (χ0) is 24.6. The van der Waals surface area contributed by atoms with Gasteiger partial charge >= 0.3 is 6.18 Å². The molecule has 7 nitrogen and oxygen atoms in total. The van der Waals surface area contributed by atoms with Gasteiger partial charge in [-0.1, -0.05) is 12.1 Å². The van der Waals surface area contributed by atoms with Gasteiger partial charge in [0.05, 0.1) is 34.3 Å². The summed E-state index contributed by atoms with van der Waals surface area (Å²) in [4.78, 5) is 39.1. The van der Waals surface area contributed by atoms with Gasteiger partial charge in [0, 0.05) is 17.8 Å². The Balaban J connectivity index is 1.57. The van der Waals surface area contributed by atoms with Gasteiger partial charge in [-0.3, -0.25) is 9.59 Å². The van der Waals surface area contributed by atoms with Gasteiger partial charge in [-0.25, -0.2) is 4.98 Å². The van der Waals surface area contributed by atoms with Crippen molar-refractivity contribution >= 4 is 23.2 Å². The average Bonchev–Trinajstić information content (AvgIpc) is 3.24. The molecular formula is C23H23F3N4O3S. The van der Waals surface area contributed by atoms with E-state index in [9.17, 15) is 22.8 Å². The summed E-state index contributed by atoms with van der Waals surface area (Å²) in [5.41, 5.74) is 0.357. The maximum absolute atomic E-state index is 13.1. The second-order valence-corrected chi connectivity index (χ2v) is 9.30. The van der Waals surface area contributed by atoms with Crippen molar-refractivity contribution < 1.29 is 22.8 Å². The molecular weight excluding hydrogens is 469 g/mol. The van der Waals surface area contributed by atoms with Crippen LogP contribution >= 0.6 is 11.3 Å². The highest BCUT2D eigenvalue weighted by Gasteiger charge is 2.31. The van der Waals surface area contributed by atoms with Crippen LogP contribution in [0.4, 0.5) is 19.1 Å². The normalized spacial score (nSPS) is 14.5. The number of aryl methyl sites for hydroxylation is 1. The maximum Gasteiger partial charge on any atom is 0.416 e. The molecule has 3 heterocycles. The van der Waals surface area contributed by atoms with Crippen LogP contribution in [0.1, 0.15) is 49.9 Å². The largest absolute Gasteiger partial charge is 0.416 e. The van der Waals surface area contributed by atoms with Crippen LogP contribution in [0.2, 0.25) is 0 Å². The summed E-state index contributed by atoms with van der Waals surface area (Å²) in [6.45, 7) is 4.21. The minimum absolute atomic E-state index is 0.120. The topological polar surface area (TPSA) is 76.5 Å². The third-order valence-electron chi connectivity index (χ3n) is 5.70. The number of fused-ring (bicyclic) bond motifs is 1. The monoisotopic (exact) mass is 492 g/mol. The number of hydrogen-bond donors (Lipinski definition) is 1. The molecule has 11 heteroatoms. The number of thiophene rings is 1. The van der Waals surface area contributed by atoms with Gasteiger partial charge < -0.3 is 15.1 Å². The van der Waals surface area contributed by atoms with Crippen molar-refractivity contribution in [3.63, 3.8) is 0 Å². The Morgan fingerprint density at radius 3 is 2.50 bits per heavy atom. The Kier molecular flexibility index (Phi) is 6.39. The first kappa shape index (κ1) is 23.8. The average molecular weight is 493 g/mol. The first-order valence-electron chi connectivity index (χ1n) is 10.6. The molecule has 0 saturated heterocycles. The van der Waals surface area contributed by atoms with Crippen molar-refractivity contribution in [1.82, 2.24) is 14.6 Å². The number of benzene rings is 1. The maximum atomic E-state index is 13.1. The van der Waals surface area contributed by atoms with Gasteiger partial charge in [0.1, 0.15) is 7.11 Å². The third kappa shape index (κ3) is 4.65. The highest BCUT2D eigenvalue weighted by Crippen LogP contribution is 2.30. The number of anilines is 1. The molecule has 4 rings (SSSR count). The fourth-order valence-electron chi connectivity index (χ4n) is 3.84. The molecule has 0 radical (unpaired) electrons. The predicted molar refractivity (Wildman–Crippen MR) is 122 cm³/mol. The Morgan fingerprint density at radius 1 is 1.21 bits per heavy atom. The van der Waals surface area contributed by atoms with Crippen LogP contribution < -0.4 is 15.7 Å². The number of carbonyl (C=O) groups is 1. The zero-order valence-corrected chi connectivity index (χ0v) is 19.6. The van der Waals surface area contributed by atoms with Crippen molar-refractivity contribution in [3.8, 4) is 0 Å². The minimum Gasteiger partial charge on any atom is -0.411 e. The van der Waals surface area contributed by atoms with E-state index in [0.717, 1.165) is 21.7 Å². The molecule has 180 valence electrons. The first-order chi connectivity index (χ1) is 16.1. The summed E-state index contributed by atoms with van der Waals surface area (Å²) in [5.74, 6) is 0.0116. The summed E-state index contributed by atoms with van der Waals surface area (Å²) in [6, 6.07) is 7.99. The van der Waals surface area contributed by atoms with E-state index in [0.29, 0.717) is 34.7 Å². The molecule has 1 aliphatic rings. The first-order valence-corrected chi connectivity index (χ1v) is 11.4. The van der Waals surface area contributed by atoms with E-state index in [4.69, 9.17) is 4.84 Å². The van der Waals surface area contributed by atoms with Crippen LogP contribution in [0, 0.1) is 6.92 Å². The molecule has 1 aliphatic heterocycles. The van der Waals surface area contributed by atoms with E-state index in [-0.39, 0.29) is 18.4 Å². The lowest BCUT2D eigenvalue weighted by Gasteiger charge is -2.28. The Bertz CT molecular complexity index is 1270. The Morgan fingerprint density at radius 2 is 1.91 bits per heavy atom. The lowest BCUT2D eigenvalue weighted by Crippen LogP contribution is -2.42. The van der Waals surface area contributed by atoms with Gasteiger partial charge in [0.15, 0.2) is 0 Å². The molecule has 34 heavy (non-hydrogen) atoms. The zero-order valence-electron chi connectivity index (χ0n) is 18.8. The molecule has 2 aromatic heterocycles. The molecule has 0 saturated carbocycles. The second-order valence-electron chi connectivity index (χ2n) is 8.02. The van der Waals surface area contributed by atoms with Crippen molar-refractivity contribution in [2.45, 2.75) is 39.0 Å². The second kappa shape index (κ2) is 9.13. The van der Waals surface area contributed by atoms with Gasteiger partial charge in [-0.05, 0) is 43.7 Å². The van der Waals surface area contributed by atoms with Crippen molar-refractivity contribution in [2.75, 3.05) is 19.0 Å². The van der Waals surface area contributed by atoms with Gasteiger partial charge in [0.25, 0.3) is 11.5 Å². The standard InChI is InChI=1S/C23H23F3N4O3S/c1-13-4-9-19(34-13)21(32)29-11-10-18-17(12-29)20(31)30(33-3)22(28-18)27-14(2)15-5-7-16(8-6-15)23(24,25)26/h4-9,14H,10-12H2,1-3H3,(H,27,28). The summed E-state index contributed by atoms with van der Waals surface area (Å²) < 4.78 is 39.5. The molecule has 0 spiro atoms. The Labute approximate surface area is 197 Å². The van der Waals surface area contributed by atoms with Crippen LogP contribution in [0.5, 0.6) is 0 Å². The molecule has 0 aliphatic carbocycles. The molecule has 1 N–H and O–H groups in total. The quantitative estimate of drug-likeness (QED) is 0.581. The lowest BCUT2D eigenvalue weighted by molar-refractivity contribution is -0.137. The van der Waals surface area contributed by atoms with Gasteiger partial charge in [-0.15, -0.1) is 16.1 Å². The molecule has 1 atom stereocenters. The number of halogens is 3. The summed E-state index contributed by atoms with van der Waals surface area (Å²) in [5, 5.41) is 3.06. The van der Waals surface area contributed by atoms with Crippen LogP contribution in [0.25, 0.3) is 0 Å². The molecule has 1 aromatic carbocycles. The third-order valence-corrected chi connectivity index (χ3v) is 6.68. The van der Waals surface area contributed by atoms with Crippen molar-refractivity contribution in [1.29, 1.82) is 0 Å². The summed E-state index contributed by atoms with van der Waals surface area (Å²) >= 11 is 1.40. The fraction of sp³-hybridized carbons (Fsp3) is 0.348. The van der Waals surface area contributed by atoms with Gasteiger partial charge in [-0.2, -0.15) is 13.2 Å². The molecule has 1 amide bonds. The number of amides is 1. The van der Waals surface area contributed by atoms with Gasteiger partial charge in [0.2, 0.25) is 5.95 Å². The van der Waals surface area contributed by atoms with Crippen LogP contribution in [-0.2, 0) is 19.1 Å². The number of rotatable bonds is 5. The van der Waals surface area contributed by atoms with E-state index in [1.807, 2.05) is 13.0 Å². The fourth-order valence-corrected chi connectivity index (χ4v) is 4.67. The van der Waals surface area contributed by atoms with E-state index >= 15 is 0 Å². The van der Waals surface area contributed by atoms with E-state index < -0.39 is 23.3 Å². The number of nitrogens with zero attached hydrogens (tertiary/aromatic N) is 3. The lowest BCUT2D eigenvalue weighted by atomic mass is 10.1. The molecule has 0 bridgehead atoms. The van der Waals surface area contributed by atoms with Crippen molar-refractivity contribution in [2.24, 2.45) is 0 Å². The molecule has 3 aromatic rings. The van der Waals surface area contributed by atoms with Crippen LogP contribution in [-0.4, -0.2) is 34.2 Å². The number of hydrogen-bond acceptors (Lipinski definition) is 6. The van der Waals surface area contributed by atoms with Crippen LogP contribution in [0.3, 0.4) is 0 Å². The number of aromatic nitrogens is 2. The smallest absolute Gasteiger partial charge is 0.411 e. The van der Waals surface area contributed by atoms with E-state index in [2.05, 4.69) is 10.3 Å². The van der Waals surface area contributed by atoms with E-state index in [1.54, 1.807) is 17.9 Å². The highest BCUT2D eigenvalue weighted by atomic mass is 32.1. The SMILES string of the molecule is COn1c(NC(C)c2ccc(C(F)(F)F)cc2)nc2c(c1=O)CN(C(=O)c1ccc(C)s1)CC2. The predicted octanol–water partition coefficient (Wildman–Crippen LogP) is 4.06. The number of alkyl halides is 3. The molecule has 0 fully saturated rings. The van der Waals surface area contributed by atoms with Crippen LogP contribution in [0.15, 0.2) is 41.2 Å². The number of carbonyl (C=O) groups excluding carboxylic acids is 1. The molecule has 1 unspecified atom stereocenters.